The molecule has 0 radical (unpaired) electrons. The third-order valence-electron chi connectivity index (χ3n) is 8.09. The SMILES string of the molecule is CC(C)(C)OC(=O)NOc1cc2c(c3ccccc13)[C@H](CCl)CN2C(=O)c1cc2cc(NC(=O)c3cc4ccccc4[nH]3)ccc2[nH]1. The third kappa shape index (κ3) is 5.83. The number of ether oxygens (including phenoxy) is 1. The van der Waals surface area contributed by atoms with Crippen molar-refractivity contribution in [2.24, 2.45) is 0 Å². The summed E-state index contributed by atoms with van der Waals surface area (Å²) >= 11 is 6.46. The van der Waals surface area contributed by atoms with E-state index in [4.69, 9.17) is 21.2 Å². The van der Waals surface area contributed by atoms with Gasteiger partial charge in [-0.2, -0.15) is 5.48 Å². The molecule has 0 bridgehead atoms. The number of benzene rings is 4. The van der Waals surface area contributed by atoms with Crippen molar-refractivity contribution in [1.82, 2.24) is 15.4 Å². The van der Waals surface area contributed by atoms with Crippen LogP contribution in [0, 0.1) is 0 Å². The molecule has 4 N–H and O–H groups in total. The van der Waals surface area contributed by atoms with Gasteiger partial charge in [0.15, 0.2) is 5.75 Å². The minimum absolute atomic E-state index is 0.121. The maximum Gasteiger partial charge on any atom is 0.441 e. The van der Waals surface area contributed by atoms with E-state index in [0.29, 0.717) is 40.9 Å². The van der Waals surface area contributed by atoms with Gasteiger partial charge in [0.25, 0.3) is 11.8 Å². The topological polar surface area (TPSA) is 129 Å². The number of amides is 3. The molecule has 7 rings (SSSR count). The first-order valence-electron chi connectivity index (χ1n) is 15.2. The summed E-state index contributed by atoms with van der Waals surface area (Å²) in [5.41, 5.74) is 6.30. The summed E-state index contributed by atoms with van der Waals surface area (Å²) in [5.74, 6) is 0.0394. The van der Waals surface area contributed by atoms with Crippen LogP contribution in [0.1, 0.15) is 53.2 Å². The maximum absolute atomic E-state index is 14.1. The molecule has 3 heterocycles. The monoisotopic (exact) mass is 649 g/mol. The number of hydrogen-bond acceptors (Lipinski definition) is 5. The van der Waals surface area contributed by atoms with Crippen LogP contribution in [0.5, 0.6) is 5.75 Å². The summed E-state index contributed by atoms with van der Waals surface area (Å²) < 4.78 is 5.32. The van der Waals surface area contributed by atoms with E-state index in [1.165, 1.54) is 0 Å². The van der Waals surface area contributed by atoms with Gasteiger partial charge in [-0.05, 0) is 68.1 Å². The molecule has 4 aromatic carbocycles. The number of carbonyl (C=O) groups excluding carboxylic acids is 3. The molecule has 0 unspecified atom stereocenters. The second-order valence-corrected chi connectivity index (χ2v) is 12.8. The quantitative estimate of drug-likeness (QED) is 0.108. The average Bonchev–Trinajstić information content (AvgIpc) is 3.77. The molecule has 0 spiro atoms. The fourth-order valence-corrected chi connectivity index (χ4v) is 6.33. The van der Waals surface area contributed by atoms with E-state index >= 15 is 0 Å². The molecular weight excluding hydrogens is 618 g/mol. The maximum atomic E-state index is 14.1. The van der Waals surface area contributed by atoms with E-state index in [1.807, 2.05) is 66.7 Å². The van der Waals surface area contributed by atoms with Crippen molar-refractivity contribution >= 4 is 73.5 Å². The molecule has 6 aromatic rings. The van der Waals surface area contributed by atoms with Crippen molar-refractivity contribution in [3.8, 4) is 5.75 Å². The van der Waals surface area contributed by atoms with Gasteiger partial charge in [-0.15, -0.1) is 11.6 Å². The molecule has 0 saturated heterocycles. The van der Waals surface area contributed by atoms with Gasteiger partial charge in [0.05, 0.1) is 5.69 Å². The highest BCUT2D eigenvalue weighted by Crippen LogP contribution is 2.46. The Morgan fingerprint density at radius 2 is 1.57 bits per heavy atom. The summed E-state index contributed by atoms with van der Waals surface area (Å²) in [6.45, 7) is 5.66. The van der Waals surface area contributed by atoms with E-state index in [9.17, 15) is 14.4 Å². The molecule has 1 aliphatic rings. The zero-order valence-electron chi connectivity index (χ0n) is 25.9. The van der Waals surface area contributed by atoms with Crippen LogP contribution in [0.2, 0.25) is 0 Å². The Labute approximate surface area is 274 Å². The largest absolute Gasteiger partial charge is 0.442 e. The van der Waals surface area contributed by atoms with Crippen LogP contribution in [0.25, 0.3) is 32.6 Å². The molecule has 11 heteroatoms. The smallest absolute Gasteiger partial charge is 0.441 e. The van der Waals surface area contributed by atoms with Gasteiger partial charge in [-0.3, -0.25) is 9.59 Å². The predicted octanol–water partition coefficient (Wildman–Crippen LogP) is 7.86. The first-order valence-corrected chi connectivity index (χ1v) is 15.7. The number of H-pyrrole nitrogens is 2. The van der Waals surface area contributed by atoms with E-state index in [2.05, 4.69) is 20.8 Å². The molecule has 238 valence electrons. The lowest BCUT2D eigenvalue weighted by atomic mass is 9.95. The molecule has 1 aliphatic heterocycles. The number of hydrogen-bond donors (Lipinski definition) is 4. The lowest BCUT2D eigenvalue weighted by Gasteiger charge is -2.21. The van der Waals surface area contributed by atoms with Crippen LogP contribution in [0.4, 0.5) is 16.2 Å². The van der Waals surface area contributed by atoms with Crippen LogP contribution >= 0.6 is 11.6 Å². The van der Waals surface area contributed by atoms with Crippen molar-refractivity contribution in [3.05, 3.63) is 102 Å². The highest BCUT2D eigenvalue weighted by Gasteiger charge is 2.36. The minimum atomic E-state index is -0.733. The summed E-state index contributed by atoms with van der Waals surface area (Å²) in [6.07, 6.45) is -0.733. The van der Waals surface area contributed by atoms with E-state index in [-0.39, 0.29) is 17.7 Å². The van der Waals surface area contributed by atoms with Crippen LogP contribution in [0.3, 0.4) is 0 Å². The number of anilines is 2. The molecule has 0 saturated carbocycles. The third-order valence-corrected chi connectivity index (χ3v) is 8.46. The normalized spacial score (nSPS) is 14.4. The zero-order chi connectivity index (χ0) is 32.9. The number of hydroxylamine groups is 1. The lowest BCUT2D eigenvalue weighted by molar-refractivity contribution is 0.0290. The van der Waals surface area contributed by atoms with Gasteiger partial charge in [0, 0.05) is 57.3 Å². The van der Waals surface area contributed by atoms with E-state index in [1.54, 1.807) is 43.9 Å². The highest BCUT2D eigenvalue weighted by atomic mass is 35.5. The average molecular weight is 650 g/mol. The fraction of sp³-hybridized carbons (Fsp3) is 0.194. The molecule has 3 amide bonds. The summed E-state index contributed by atoms with van der Waals surface area (Å²) in [6, 6.07) is 26.1. The second-order valence-electron chi connectivity index (χ2n) is 12.5. The minimum Gasteiger partial charge on any atom is -0.442 e. The van der Waals surface area contributed by atoms with Crippen molar-refractivity contribution in [2.45, 2.75) is 32.3 Å². The van der Waals surface area contributed by atoms with Gasteiger partial charge in [-0.1, -0.05) is 42.5 Å². The fourth-order valence-electron chi connectivity index (χ4n) is 6.08. The molecule has 2 aromatic heterocycles. The second kappa shape index (κ2) is 11.7. The first-order chi connectivity index (χ1) is 22.6. The number of carbonyl (C=O) groups is 3. The van der Waals surface area contributed by atoms with Gasteiger partial charge >= 0.3 is 6.09 Å². The summed E-state index contributed by atoms with van der Waals surface area (Å²) in [5, 5.41) is 6.29. The van der Waals surface area contributed by atoms with Gasteiger partial charge in [-0.25, -0.2) is 4.79 Å². The number of aromatic nitrogens is 2. The Kier molecular flexibility index (Phi) is 7.52. The molecule has 1 atom stereocenters. The standard InChI is InChI=1S/C36H32ClN5O5/c1-36(2,3)46-35(45)41-47-31-17-30-32(25-10-6-5-9-24(25)31)22(18-37)19-42(30)34(44)29-16-21-14-23(12-13-27(21)40-29)38-33(43)28-15-20-8-4-7-11-26(20)39-28/h4-17,22,39-40H,18-19H2,1-3H3,(H,38,43)(H,41,45)/t22-/m1/s1. The summed E-state index contributed by atoms with van der Waals surface area (Å²) in [4.78, 5) is 53.3. The molecular formula is C36H32ClN5O5. The number of alkyl halides is 1. The van der Waals surface area contributed by atoms with Crippen molar-refractivity contribution < 1.29 is 24.0 Å². The Morgan fingerprint density at radius 3 is 2.34 bits per heavy atom. The van der Waals surface area contributed by atoms with Crippen LogP contribution in [-0.2, 0) is 4.74 Å². The Morgan fingerprint density at radius 1 is 0.872 bits per heavy atom. The Balaban J connectivity index is 1.17. The molecule has 0 fully saturated rings. The molecule has 10 nitrogen and oxygen atoms in total. The first kappa shape index (κ1) is 30.2. The van der Waals surface area contributed by atoms with Gasteiger partial charge in [0.1, 0.15) is 17.0 Å². The van der Waals surface area contributed by atoms with Crippen molar-refractivity contribution in [3.63, 3.8) is 0 Å². The predicted molar refractivity (Wildman–Crippen MR) is 184 cm³/mol. The number of fused-ring (bicyclic) bond motifs is 5. The molecule has 47 heavy (non-hydrogen) atoms. The zero-order valence-corrected chi connectivity index (χ0v) is 26.7. The molecule has 0 aliphatic carbocycles. The number of aromatic amines is 2. The van der Waals surface area contributed by atoms with Crippen LogP contribution in [-0.4, -0.2) is 45.9 Å². The Bertz CT molecular complexity index is 2160. The number of nitrogens with zero attached hydrogens (tertiary/aromatic N) is 1. The van der Waals surface area contributed by atoms with Crippen LogP contribution < -0.4 is 20.5 Å². The van der Waals surface area contributed by atoms with Crippen molar-refractivity contribution in [2.75, 3.05) is 22.6 Å². The number of para-hydroxylation sites is 1. The number of nitrogens with one attached hydrogen (secondary N) is 4. The van der Waals surface area contributed by atoms with Crippen molar-refractivity contribution in [1.29, 1.82) is 0 Å². The van der Waals surface area contributed by atoms with E-state index in [0.717, 1.165) is 38.1 Å². The summed E-state index contributed by atoms with van der Waals surface area (Å²) in [7, 11) is 0. The van der Waals surface area contributed by atoms with E-state index < -0.39 is 11.7 Å². The van der Waals surface area contributed by atoms with Crippen LogP contribution in [0.15, 0.2) is 84.9 Å². The number of rotatable bonds is 6. The van der Waals surface area contributed by atoms with Gasteiger partial charge in [0.2, 0.25) is 0 Å². The Hall–Kier alpha value is -5.48. The highest BCUT2D eigenvalue weighted by molar-refractivity contribution is 6.19. The van der Waals surface area contributed by atoms with Gasteiger partial charge < -0.3 is 29.8 Å². The lowest BCUT2D eigenvalue weighted by Crippen LogP contribution is -2.34. The number of halogens is 1.